The van der Waals surface area contributed by atoms with Crippen molar-refractivity contribution in [1.82, 2.24) is 4.90 Å². The Morgan fingerprint density at radius 3 is 2.80 bits per heavy atom. The molecule has 4 bridgehead atoms. The van der Waals surface area contributed by atoms with Gasteiger partial charge in [-0.1, -0.05) is 37.7 Å². The lowest BCUT2D eigenvalue weighted by molar-refractivity contribution is -0.140. The van der Waals surface area contributed by atoms with Gasteiger partial charge in [0.15, 0.2) is 0 Å². The van der Waals surface area contributed by atoms with Crippen molar-refractivity contribution in [2.24, 2.45) is 23.2 Å². The summed E-state index contributed by atoms with van der Waals surface area (Å²) in [5, 5.41) is 9.77. The predicted molar refractivity (Wildman–Crippen MR) is 81.4 cm³/mol. The van der Waals surface area contributed by atoms with Crippen molar-refractivity contribution in [2.75, 3.05) is 13.7 Å². The first-order chi connectivity index (χ1) is 9.33. The van der Waals surface area contributed by atoms with Gasteiger partial charge in [0.05, 0.1) is 0 Å². The zero-order valence-electron chi connectivity index (χ0n) is 12.7. The van der Waals surface area contributed by atoms with Crippen LogP contribution in [0.25, 0.3) is 0 Å². The fraction of sp³-hybridized carbons (Fsp3) is 0.688. The summed E-state index contributed by atoms with van der Waals surface area (Å²) in [5.74, 6) is 4.12. The average molecular weight is 289 g/mol. The molecule has 20 heavy (non-hydrogen) atoms. The van der Waals surface area contributed by atoms with Gasteiger partial charge in [0, 0.05) is 37.5 Å². The third kappa shape index (κ3) is 1.60. The van der Waals surface area contributed by atoms with Gasteiger partial charge in [-0.05, 0) is 6.42 Å². The minimum absolute atomic E-state index is 0.101. The van der Waals surface area contributed by atoms with Gasteiger partial charge in [-0.25, -0.2) is 0 Å². The molecule has 3 rings (SSSR count). The molecule has 4 heteroatoms. The first-order valence-corrected chi connectivity index (χ1v) is 10.9. The van der Waals surface area contributed by atoms with Crippen LogP contribution in [-0.2, 0) is 4.79 Å². The summed E-state index contributed by atoms with van der Waals surface area (Å²) >= 11 is 0. The SMILES string of the molecule is CN1C(=O)[C@@]2(C#C[Si](C)(C)C)[C@@H]3C=CC[C@H]2[C@H]1[C@H]3CO. The quantitative estimate of drug-likeness (QED) is 0.451. The Morgan fingerprint density at radius 2 is 2.20 bits per heavy atom. The number of hydrogen-bond acceptors (Lipinski definition) is 2. The van der Waals surface area contributed by atoms with Gasteiger partial charge in [-0.15, -0.1) is 5.54 Å². The van der Waals surface area contributed by atoms with Crippen molar-refractivity contribution in [3.05, 3.63) is 12.2 Å². The Balaban J connectivity index is 2.13. The van der Waals surface area contributed by atoms with Crippen LogP contribution in [-0.4, -0.2) is 43.7 Å². The van der Waals surface area contributed by atoms with Crippen LogP contribution >= 0.6 is 0 Å². The smallest absolute Gasteiger partial charge is 0.241 e. The molecule has 1 amide bonds. The van der Waals surface area contributed by atoms with Crippen LogP contribution in [0.2, 0.25) is 19.6 Å². The first-order valence-electron chi connectivity index (χ1n) is 7.42. The summed E-state index contributed by atoms with van der Waals surface area (Å²) in [6, 6.07) is 0.156. The van der Waals surface area contributed by atoms with E-state index >= 15 is 0 Å². The molecule has 108 valence electrons. The maximum atomic E-state index is 12.8. The minimum atomic E-state index is -1.52. The number of hydrogen-bond donors (Lipinski definition) is 1. The van der Waals surface area contributed by atoms with E-state index in [1.54, 1.807) is 0 Å². The molecule has 5 atom stereocenters. The maximum absolute atomic E-state index is 12.8. The molecule has 1 heterocycles. The number of allylic oxidation sites excluding steroid dienone is 2. The summed E-state index contributed by atoms with van der Waals surface area (Å²) in [6.07, 6.45) is 5.23. The van der Waals surface area contributed by atoms with E-state index in [1.165, 1.54) is 0 Å². The second-order valence-electron chi connectivity index (χ2n) is 7.42. The normalized spacial score (nSPS) is 41.9. The zero-order chi connectivity index (χ0) is 14.7. The van der Waals surface area contributed by atoms with E-state index in [0.29, 0.717) is 0 Å². The number of carbonyl (C=O) groups excluding carboxylic acids is 1. The molecule has 0 spiro atoms. The number of rotatable bonds is 1. The van der Waals surface area contributed by atoms with E-state index in [2.05, 4.69) is 43.3 Å². The van der Waals surface area contributed by atoms with Gasteiger partial charge in [0.25, 0.3) is 0 Å². The highest BCUT2D eigenvalue weighted by Gasteiger charge is 2.70. The Morgan fingerprint density at radius 1 is 1.50 bits per heavy atom. The van der Waals surface area contributed by atoms with Crippen LogP contribution in [0, 0.1) is 34.6 Å². The number of carbonyl (C=O) groups is 1. The van der Waals surface area contributed by atoms with Crippen molar-refractivity contribution in [1.29, 1.82) is 0 Å². The van der Waals surface area contributed by atoms with Crippen molar-refractivity contribution < 1.29 is 9.90 Å². The van der Waals surface area contributed by atoms with Gasteiger partial charge in [0.1, 0.15) is 13.5 Å². The Labute approximate surface area is 122 Å². The fourth-order valence-corrected chi connectivity index (χ4v) is 4.97. The summed E-state index contributed by atoms with van der Waals surface area (Å²) in [5.41, 5.74) is 2.88. The largest absolute Gasteiger partial charge is 0.396 e. The van der Waals surface area contributed by atoms with Crippen LogP contribution in [0.3, 0.4) is 0 Å². The highest BCUT2D eigenvalue weighted by Crippen LogP contribution is 2.62. The molecule has 1 aliphatic heterocycles. The molecule has 0 aromatic heterocycles. The van der Waals surface area contributed by atoms with Crippen LogP contribution in [0.1, 0.15) is 6.42 Å². The van der Waals surface area contributed by atoms with E-state index in [0.717, 1.165) is 6.42 Å². The lowest BCUT2D eigenvalue weighted by atomic mass is 9.68. The molecular weight excluding hydrogens is 266 g/mol. The molecule has 3 aliphatic rings. The number of aliphatic hydroxyl groups excluding tert-OH is 1. The molecule has 1 saturated heterocycles. The van der Waals surface area contributed by atoms with E-state index in [9.17, 15) is 9.90 Å². The third-order valence-corrected chi connectivity index (χ3v) is 6.01. The summed E-state index contributed by atoms with van der Waals surface area (Å²) < 4.78 is 0. The van der Waals surface area contributed by atoms with Crippen molar-refractivity contribution in [3.63, 3.8) is 0 Å². The number of likely N-dealkylation sites (tertiary alicyclic amines) is 1. The second-order valence-corrected chi connectivity index (χ2v) is 12.2. The van der Waals surface area contributed by atoms with E-state index < -0.39 is 13.5 Å². The monoisotopic (exact) mass is 289 g/mol. The number of piperidine rings is 1. The fourth-order valence-electron chi connectivity index (χ4n) is 4.38. The number of aliphatic hydroxyl groups is 1. The highest BCUT2D eigenvalue weighted by molar-refractivity contribution is 6.83. The molecule has 3 nitrogen and oxygen atoms in total. The number of amides is 1. The summed E-state index contributed by atoms with van der Waals surface area (Å²) in [6.45, 7) is 6.77. The van der Waals surface area contributed by atoms with Gasteiger partial charge in [0.2, 0.25) is 5.91 Å². The Bertz CT molecular complexity index is 539. The highest BCUT2D eigenvalue weighted by atomic mass is 28.3. The summed E-state index contributed by atoms with van der Waals surface area (Å²) in [7, 11) is 0.357. The molecule has 2 aliphatic carbocycles. The van der Waals surface area contributed by atoms with Crippen molar-refractivity contribution >= 4 is 14.0 Å². The predicted octanol–water partition coefficient (Wildman–Crippen LogP) is 1.51. The van der Waals surface area contributed by atoms with E-state index in [4.69, 9.17) is 0 Å². The third-order valence-electron chi connectivity index (χ3n) is 5.13. The minimum Gasteiger partial charge on any atom is -0.396 e. The molecule has 0 unspecified atom stereocenters. The van der Waals surface area contributed by atoms with Crippen LogP contribution in [0.5, 0.6) is 0 Å². The van der Waals surface area contributed by atoms with Crippen LogP contribution < -0.4 is 0 Å². The van der Waals surface area contributed by atoms with Crippen molar-refractivity contribution in [2.45, 2.75) is 32.1 Å². The second kappa shape index (κ2) is 4.22. The summed E-state index contributed by atoms with van der Waals surface area (Å²) in [4.78, 5) is 14.7. The molecule has 0 aromatic rings. The topological polar surface area (TPSA) is 40.5 Å². The molecule has 2 fully saturated rings. The lowest BCUT2D eigenvalue weighted by Crippen LogP contribution is -2.49. The lowest BCUT2D eigenvalue weighted by Gasteiger charge is -2.38. The molecule has 1 N–H and O–H groups in total. The average Bonchev–Trinajstić information content (AvgIpc) is 2.66. The van der Waals surface area contributed by atoms with Gasteiger partial charge >= 0.3 is 0 Å². The van der Waals surface area contributed by atoms with Crippen LogP contribution in [0.4, 0.5) is 0 Å². The van der Waals surface area contributed by atoms with Gasteiger partial charge < -0.3 is 10.0 Å². The van der Waals surface area contributed by atoms with Crippen molar-refractivity contribution in [3.8, 4) is 11.5 Å². The van der Waals surface area contributed by atoms with Gasteiger partial charge in [-0.3, -0.25) is 4.79 Å². The molecule has 1 saturated carbocycles. The standard InChI is InChI=1S/C16H23NO2Si/c1-17-14-11(10-18)12-6-5-7-13(14)16(12,15(17)19)8-9-20(2,3)4/h5-6,11-14,18H,7,10H2,1-4H3/t11-,12+,13-,14+,16-/m0/s1. The van der Waals surface area contributed by atoms with Gasteiger partial charge in [-0.2, -0.15) is 0 Å². The number of nitrogens with zero attached hydrogens (tertiary/aromatic N) is 1. The van der Waals surface area contributed by atoms with E-state index in [1.807, 2.05) is 11.9 Å². The first kappa shape index (κ1) is 13.9. The molecular formula is C16H23NO2Si. The maximum Gasteiger partial charge on any atom is 0.241 e. The zero-order valence-corrected chi connectivity index (χ0v) is 13.7. The van der Waals surface area contributed by atoms with Crippen LogP contribution in [0.15, 0.2) is 12.2 Å². The molecule has 0 aromatic carbocycles. The van der Waals surface area contributed by atoms with E-state index in [-0.39, 0.29) is 36.3 Å². The molecule has 0 radical (unpaired) electrons. The Hall–Kier alpha value is -1.05. The Kier molecular flexibility index (Phi) is 2.93.